The van der Waals surface area contributed by atoms with Crippen LogP contribution >= 0.6 is 0 Å². The first-order chi connectivity index (χ1) is 7.72. The first-order valence-electron chi connectivity index (χ1n) is 5.47. The van der Waals surface area contributed by atoms with Crippen molar-refractivity contribution in [3.8, 4) is 0 Å². The molecular formula is C13H12FNO. The van der Waals surface area contributed by atoms with Gasteiger partial charge in [0.05, 0.1) is 5.69 Å². The highest BCUT2D eigenvalue weighted by Gasteiger charge is 2.28. The third-order valence-electron chi connectivity index (χ3n) is 3.29. The van der Waals surface area contributed by atoms with Crippen molar-refractivity contribution in [3.63, 3.8) is 0 Å². The number of carbonyl (C=O) groups excluding carboxylic acids is 1. The first-order valence-corrected chi connectivity index (χ1v) is 5.47. The van der Waals surface area contributed by atoms with E-state index in [1.165, 1.54) is 12.1 Å². The van der Waals surface area contributed by atoms with Crippen molar-refractivity contribution >= 4 is 17.2 Å². The average Bonchev–Trinajstić information content (AvgIpc) is 3.06. The van der Waals surface area contributed by atoms with E-state index in [1.54, 1.807) is 6.07 Å². The fourth-order valence-electron chi connectivity index (χ4n) is 2.34. The number of hydrogen-bond acceptors (Lipinski definition) is 1. The van der Waals surface area contributed by atoms with Crippen LogP contribution in [-0.2, 0) is 0 Å². The van der Waals surface area contributed by atoms with Crippen molar-refractivity contribution in [2.24, 2.45) is 0 Å². The Bertz CT molecular complexity index is 581. The van der Waals surface area contributed by atoms with Crippen molar-refractivity contribution in [1.29, 1.82) is 0 Å². The summed E-state index contributed by atoms with van der Waals surface area (Å²) in [5.74, 6) is -0.249. The highest BCUT2D eigenvalue weighted by molar-refractivity contribution is 5.93. The quantitative estimate of drug-likeness (QED) is 0.708. The summed E-state index contributed by atoms with van der Waals surface area (Å²) in [4.78, 5) is 11.1. The van der Waals surface area contributed by atoms with Gasteiger partial charge in [-0.25, -0.2) is 4.39 Å². The Hall–Kier alpha value is -1.64. The van der Waals surface area contributed by atoms with E-state index < -0.39 is 0 Å². The second kappa shape index (κ2) is 3.17. The molecule has 16 heavy (non-hydrogen) atoms. The number of carbonyl (C=O) groups is 1. The summed E-state index contributed by atoms with van der Waals surface area (Å²) in [6.07, 6.45) is 3.11. The van der Waals surface area contributed by atoms with E-state index >= 15 is 0 Å². The van der Waals surface area contributed by atoms with Gasteiger partial charge in [-0.1, -0.05) is 0 Å². The molecule has 0 radical (unpaired) electrons. The SMILES string of the molecule is Cc1c(C=O)n(C2CC2)c2ccc(F)cc12. The van der Waals surface area contributed by atoms with Crippen LogP contribution < -0.4 is 0 Å². The molecule has 1 aromatic carbocycles. The lowest BCUT2D eigenvalue weighted by Gasteiger charge is -2.04. The topological polar surface area (TPSA) is 22.0 Å². The zero-order chi connectivity index (χ0) is 11.3. The third kappa shape index (κ3) is 1.21. The van der Waals surface area contributed by atoms with Crippen molar-refractivity contribution in [2.75, 3.05) is 0 Å². The standard InChI is InChI=1S/C13H12FNO/c1-8-11-6-9(14)2-5-12(11)15(10-3-4-10)13(8)7-16/h2,5-7,10H,3-4H2,1H3. The minimum atomic E-state index is -0.249. The van der Waals surface area contributed by atoms with Crippen molar-refractivity contribution in [3.05, 3.63) is 35.3 Å². The van der Waals surface area contributed by atoms with Crippen molar-refractivity contribution in [2.45, 2.75) is 25.8 Å². The van der Waals surface area contributed by atoms with Gasteiger partial charge in [0.25, 0.3) is 0 Å². The molecule has 0 amide bonds. The lowest BCUT2D eigenvalue weighted by Crippen LogP contribution is -1.99. The minimum absolute atomic E-state index is 0.249. The predicted octanol–water partition coefficient (Wildman–Crippen LogP) is 3.24. The van der Waals surface area contributed by atoms with Gasteiger partial charge in [0, 0.05) is 16.9 Å². The highest BCUT2D eigenvalue weighted by Crippen LogP contribution is 2.40. The summed E-state index contributed by atoms with van der Waals surface area (Å²) < 4.78 is 15.2. The van der Waals surface area contributed by atoms with Crippen LogP contribution in [0.4, 0.5) is 4.39 Å². The Balaban J connectivity index is 2.40. The number of benzene rings is 1. The Kier molecular flexibility index (Phi) is 1.90. The molecule has 1 fully saturated rings. The van der Waals surface area contributed by atoms with E-state index in [4.69, 9.17) is 0 Å². The Morgan fingerprint density at radius 1 is 1.44 bits per heavy atom. The molecule has 0 N–H and O–H groups in total. The van der Waals surface area contributed by atoms with E-state index in [2.05, 4.69) is 4.57 Å². The highest BCUT2D eigenvalue weighted by atomic mass is 19.1. The zero-order valence-corrected chi connectivity index (χ0v) is 9.03. The van der Waals surface area contributed by atoms with Crippen LogP contribution in [0, 0.1) is 12.7 Å². The summed E-state index contributed by atoms with van der Waals surface area (Å²) in [6.45, 7) is 1.88. The lowest BCUT2D eigenvalue weighted by molar-refractivity contribution is 0.111. The monoisotopic (exact) mass is 217 g/mol. The van der Waals surface area contributed by atoms with Crippen LogP contribution in [0.2, 0.25) is 0 Å². The fraction of sp³-hybridized carbons (Fsp3) is 0.308. The van der Waals surface area contributed by atoms with Crippen LogP contribution in [0.3, 0.4) is 0 Å². The van der Waals surface area contributed by atoms with Crippen molar-refractivity contribution in [1.82, 2.24) is 4.57 Å². The molecule has 3 rings (SSSR count). The molecule has 1 heterocycles. The molecule has 0 unspecified atom stereocenters. The maximum absolute atomic E-state index is 13.2. The molecule has 0 bridgehead atoms. The Labute approximate surface area is 92.7 Å². The number of aromatic nitrogens is 1. The Morgan fingerprint density at radius 3 is 2.81 bits per heavy atom. The van der Waals surface area contributed by atoms with Gasteiger partial charge in [-0.3, -0.25) is 4.79 Å². The second-order valence-electron chi connectivity index (χ2n) is 4.39. The molecule has 2 nitrogen and oxygen atoms in total. The van der Waals surface area contributed by atoms with E-state index in [-0.39, 0.29) is 5.82 Å². The van der Waals surface area contributed by atoms with E-state index in [0.29, 0.717) is 11.7 Å². The molecule has 82 valence electrons. The number of rotatable bonds is 2. The molecule has 1 aliphatic carbocycles. The summed E-state index contributed by atoms with van der Waals surface area (Å²) in [5, 5.41) is 0.856. The van der Waals surface area contributed by atoms with Gasteiger partial charge in [-0.05, 0) is 43.5 Å². The minimum Gasteiger partial charge on any atom is -0.335 e. The van der Waals surface area contributed by atoms with Crippen LogP contribution in [-0.4, -0.2) is 10.9 Å². The fourth-order valence-corrected chi connectivity index (χ4v) is 2.34. The summed E-state index contributed by atoms with van der Waals surface area (Å²) in [5.41, 5.74) is 2.56. The molecule has 0 aliphatic heterocycles. The number of halogens is 1. The number of nitrogens with zero attached hydrogens (tertiary/aromatic N) is 1. The normalized spacial score (nSPS) is 15.6. The van der Waals surface area contributed by atoms with Gasteiger partial charge in [0.2, 0.25) is 0 Å². The largest absolute Gasteiger partial charge is 0.335 e. The average molecular weight is 217 g/mol. The van der Waals surface area contributed by atoms with Gasteiger partial charge >= 0.3 is 0 Å². The number of aryl methyl sites for hydroxylation is 1. The molecule has 1 saturated carbocycles. The molecule has 1 aromatic heterocycles. The van der Waals surface area contributed by atoms with Crippen molar-refractivity contribution < 1.29 is 9.18 Å². The molecule has 2 aromatic rings. The number of aldehydes is 1. The van der Waals surface area contributed by atoms with Gasteiger partial charge in [-0.2, -0.15) is 0 Å². The first kappa shape index (κ1) is 9.58. The van der Waals surface area contributed by atoms with Gasteiger partial charge in [-0.15, -0.1) is 0 Å². The molecular weight excluding hydrogens is 205 g/mol. The van der Waals surface area contributed by atoms with Gasteiger partial charge in [0.15, 0.2) is 6.29 Å². The molecule has 0 spiro atoms. The molecule has 0 saturated heterocycles. The second-order valence-corrected chi connectivity index (χ2v) is 4.39. The summed E-state index contributed by atoms with van der Waals surface area (Å²) in [7, 11) is 0. The van der Waals surface area contributed by atoms with E-state index in [1.807, 2.05) is 6.92 Å². The maximum Gasteiger partial charge on any atom is 0.166 e. The smallest absolute Gasteiger partial charge is 0.166 e. The summed E-state index contributed by atoms with van der Waals surface area (Å²) in [6, 6.07) is 5.16. The lowest BCUT2D eigenvalue weighted by atomic mass is 10.1. The number of hydrogen-bond donors (Lipinski definition) is 0. The molecule has 0 atom stereocenters. The Morgan fingerprint density at radius 2 is 2.19 bits per heavy atom. The van der Waals surface area contributed by atoms with E-state index in [0.717, 1.165) is 35.6 Å². The van der Waals surface area contributed by atoms with E-state index in [9.17, 15) is 9.18 Å². The number of fused-ring (bicyclic) bond motifs is 1. The van der Waals surface area contributed by atoms with Crippen LogP contribution in [0.15, 0.2) is 18.2 Å². The molecule has 3 heteroatoms. The zero-order valence-electron chi connectivity index (χ0n) is 9.03. The molecule has 1 aliphatic rings. The predicted molar refractivity (Wildman–Crippen MR) is 60.3 cm³/mol. The van der Waals surface area contributed by atoms with Crippen LogP contribution in [0.25, 0.3) is 10.9 Å². The summed E-state index contributed by atoms with van der Waals surface area (Å²) >= 11 is 0. The third-order valence-corrected chi connectivity index (χ3v) is 3.29. The van der Waals surface area contributed by atoms with Gasteiger partial charge in [0.1, 0.15) is 5.82 Å². The van der Waals surface area contributed by atoms with Crippen LogP contribution in [0.1, 0.15) is 34.9 Å². The van der Waals surface area contributed by atoms with Gasteiger partial charge < -0.3 is 4.57 Å². The van der Waals surface area contributed by atoms with Crippen LogP contribution in [0.5, 0.6) is 0 Å². The maximum atomic E-state index is 13.2.